The molecule has 0 N–H and O–H groups in total. The van der Waals surface area contributed by atoms with Crippen LogP contribution in [-0.2, 0) is 4.79 Å². The summed E-state index contributed by atoms with van der Waals surface area (Å²) in [5.74, 6) is 0.358. The fourth-order valence-corrected chi connectivity index (χ4v) is 6.15. The van der Waals surface area contributed by atoms with E-state index in [1.54, 1.807) is 11.3 Å². The molecule has 32 heavy (non-hydrogen) atoms. The highest BCUT2D eigenvalue weighted by atomic mass is 32.1. The first-order valence-corrected chi connectivity index (χ1v) is 12.3. The summed E-state index contributed by atoms with van der Waals surface area (Å²) >= 11 is 1.74. The van der Waals surface area contributed by atoms with Gasteiger partial charge >= 0.3 is 0 Å². The number of benzene rings is 2. The van der Waals surface area contributed by atoms with Gasteiger partial charge in [0.1, 0.15) is 10.5 Å². The molecule has 1 atom stereocenters. The summed E-state index contributed by atoms with van der Waals surface area (Å²) < 4.78 is 7.14. The first kappa shape index (κ1) is 19.7. The molecule has 7 heteroatoms. The Kier molecular flexibility index (Phi) is 5.06. The molecule has 164 valence electrons. The molecular weight excluding hydrogens is 420 g/mol. The number of fused-ring (bicyclic) bond motifs is 2. The molecule has 2 fully saturated rings. The van der Waals surface area contributed by atoms with Gasteiger partial charge in [-0.1, -0.05) is 24.3 Å². The first-order valence-electron chi connectivity index (χ1n) is 11.5. The van der Waals surface area contributed by atoms with Crippen LogP contribution in [0.5, 0.6) is 0 Å². The lowest BCUT2D eigenvalue weighted by Gasteiger charge is -2.39. The molecule has 0 bridgehead atoms. The van der Waals surface area contributed by atoms with Gasteiger partial charge in [0.25, 0.3) is 6.01 Å². The number of carbonyl (C=O) groups excluding carboxylic acids is 1. The van der Waals surface area contributed by atoms with Gasteiger partial charge in [0.05, 0.1) is 16.3 Å². The average Bonchev–Trinajstić information content (AvgIpc) is 3.48. The summed E-state index contributed by atoms with van der Waals surface area (Å²) in [6, 6.07) is 16.9. The van der Waals surface area contributed by atoms with E-state index in [1.807, 2.05) is 30.3 Å². The Hall–Kier alpha value is -2.93. The molecule has 1 amide bonds. The van der Waals surface area contributed by atoms with Gasteiger partial charge in [-0.05, 0) is 56.4 Å². The molecule has 4 heterocycles. The number of likely N-dealkylation sites (tertiary alicyclic amines) is 1. The highest BCUT2D eigenvalue weighted by molar-refractivity contribution is 7.18. The summed E-state index contributed by atoms with van der Waals surface area (Å²) in [6.45, 7) is 2.43. The minimum absolute atomic E-state index is 0.0607. The van der Waals surface area contributed by atoms with Crippen molar-refractivity contribution in [2.75, 3.05) is 24.5 Å². The minimum atomic E-state index is 0.0607. The van der Waals surface area contributed by atoms with Crippen LogP contribution in [0.25, 0.3) is 21.3 Å². The third-order valence-electron chi connectivity index (χ3n) is 6.78. The van der Waals surface area contributed by atoms with Crippen LogP contribution >= 0.6 is 11.3 Å². The summed E-state index contributed by atoms with van der Waals surface area (Å²) in [4.78, 5) is 27.4. The monoisotopic (exact) mass is 446 g/mol. The van der Waals surface area contributed by atoms with Gasteiger partial charge in [-0.2, -0.15) is 4.98 Å². The number of oxazole rings is 1. The van der Waals surface area contributed by atoms with Crippen molar-refractivity contribution in [2.24, 2.45) is 5.92 Å². The van der Waals surface area contributed by atoms with E-state index in [1.165, 1.54) is 4.70 Å². The summed E-state index contributed by atoms with van der Waals surface area (Å²) in [6.07, 6.45) is 4.91. The van der Waals surface area contributed by atoms with Crippen LogP contribution in [-0.4, -0.2) is 40.4 Å². The second-order valence-corrected chi connectivity index (χ2v) is 9.85. The predicted molar refractivity (Wildman–Crippen MR) is 127 cm³/mol. The van der Waals surface area contributed by atoms with Crippen LogP contribution in [0.4, 0.5) is 6.01 Å². The summed E-state index contributed by atoms with van der Waals surface area (Å²) in [7, 11) is 0. The number of nitrogens with zero attached hydrogens (tertiary/aromatic N) is 4. The lowest BCUT2D eigenvalue weighted by atomic mass is 9.93. The second kappa shape index (κ2) is 8.20. The number of hydrogen-bond acceptors (Lipinski definition) is 6. The van der Waals surface area contributed by atoms with Gasteiger partial charge < -0.3 is 14.2 Å². The average molecular weight is 447 g/mol. The van der Waals surface area contributed by atoms with Crippen molar-refractivity contribution in [1.29, 1.82) is 0 Å². The molecule has 0 spiro atoms. The van der Waals surface area contributed by atoms with Crippen molar-refractivity contribution in [3.63, 3.8) is 0 Å². The van der Waals surface area contributed by atoms with Gasteiger partial charge in [-0.25, -0.2) is 4.98 Å². The van der Waals surface area contributed by atoms with E-state index in [0.29, 0.717) is 11.9 Å². The van der Waals surface area contributed by atoms with Crippen LogP contribution in [0.15, 0.2) is 52.9 Å². The number of thiazole rings is 1. The van der Waals surface area contributed by atoms with E-state index in [9.17, 15) is 4.79 Å². The minimum Gasteiger partial charge on any atom is -0.423 e. The molecule has 6 nitrogen and oxygen atoms in total. The van der Waals surface area contributed by atoms with Crippen molar-refractivity contribution in [2.45, 2.75) is 38.1 Å². The molecule has 1 unspecified atom stereocenters. The number of rotatable bonds is 3. The molecule has 0 saturated carbocycles. The largest absolute Gasteiger partial charge is 0.423 e. The van der Waals surface area contributed by atoms with Crippen LogP contribution in [0, 0.1) is 5.92 Å². The smallest absolute Gasteiger partial charge is 0.298 e. The van der Waals surface area contributed by atoms with Crippen molar-refractivity contribution in [1.82, 2.24) is 14.9 Å². The van der Waals surface area contributed by atoms with E-state index in [-0.39, 0.29) is 12.0 Å². The molecule has 2 aromatic heterocycles. The zero-order valence-corrected chi connectivity index (χ0v) is 18.8. The van der Waals surface area contributed by atoms with Gasteiger partial charge in [-0.3, -0.25) is 4.79 Å². The summed E-state index contributed by atoms with van der Waals surface area (Å²) in [5, 5.41) is 1.09. The van der Waals surface area contributed by atoms with Crippen molar-refractivity contribution >= 4 is 44.6 Å². The maximum Gasteiger partial charge on any atom is 0.298 e. The molecule has 2 saturated heterocycles. The molecule has 2 aliphatic rings. The third kappa shape index (κ3) is 3.54. The van der Waals surface area contributed by atoms with Gasteiger partial charge in [-0.15, -0.1) is 11.3 Å². The van der Waals surface area contributed by atoms with Crippen molar-refractivity contribution < 1.29 is 9.21 Å². The quantitative estimate of drug-likeness (QED) is 0.421. The number of aromatic nitrogens is 2. The molecule has 0 aliphatic carbocycles. The van der Waals surface area contributed by atoms with Crippen molar-refractivity contribution in [3.05, 3.63) is 53.5 Å². The standard InChI is InChI=1S/C25H26N4O2S/c30-24(17-12-15-28(16-13-17)25-27-18-7-1-3-10-21(18)31-25)29-14-6-5-9-20(29)23-26-19-8-2-4-11-22(19)32-23/h1-4,7-8,10-11,17,20H,5-6,9,12-16H2. The van der Waals surface area contributed by atoms with E-state index < -0.39 is 0 Å². The number of anilines is 1. The van der Waals surface area contributed by atoms with Crippen LogP contribution < -0.4 is 4.90 Å². The Labute approximate surface area is 190 Å². The predicted octanol–water partition coefficient (Wildman–Crippen LogP) is 5.41. The lowest BCUT2D eigenvalue weighted by Crippen LogP contribution is -2.45. The van der Waals surface area contributed by atoms with Crippen LogP contribution in [0.2, 0.25) is 0 Å². The van der Waals surface area contributed by atoms with Crippen LogP contribution in [0.1, 0.15) is 43.2 Å². The zero-order valence-electron chi connectivity index (χ0n) is 17.9. The molecule has 6 rings (SSSR count). The lowest BCUT2D eigenvalue weighted by molar-refractivity contribution is -0.140. The Bertz CT molecular complexity index is 1190. The maximum absolute atomic E-state index is 13.6. The fraction of sp³-hybridized carbons (Fsp3) is 0.400. The topological polar surface area (TPSA) is 62.5 Å². The molecule has 2 aromatic carbocycles. The maximum atomic E-state index is 13.6. The highest BCUT2D eigenvalue weighted by Crippen LogP contribution is 2.37. The van der Waals surface area contributed by atoms with Gasteiger partial charge in [0, 0.05) is 25.6 Å². The molecular formula is C25H26N4O2S. The van der Waals surface area contributed by atoms with Crippen molar-refractivity contribution in [3.8, 4) is 0 Å². The number of piperidine rings is 2. The number of carbonyl (C=O) groups is 1. The number of amides is 1. The van der Waals surface area contributed by atoms with E-state index in [0.717, 1.165) is 73.4 Å². The number of hydrogen-bond donors (Lipinski definition) is 0. The fourth-order valence-electron chi connectivity index (χ4n) is 5.03. The van der Waals surface area contributed by atoms with Crippen LogP contribution in [0.3, 0.4) is 0 Å². The first-order chi connectivity index (χ1) is 15.8. The second-order valence-electron chi connectivity index (χ2n) is 8.79. The van der Waals surface area contributed by atoms with E-state index >= 15 is 0 Å². The zero-order chi connectivity index (χ0) is 21.5. The Morgan fingerprint density at radius 3 is 2.50 bits per heavy atom. The van der Waals surface area contributed by atoms with E-state index in [2.05, 4.69) is 33.0 Å². The van der Waals surface area contributed by atoms with E-state index in [4.69, 9.17) is 9.40 Å². The third-order valence-corrected chi connectivity index (χ3v) is 7.92. The number of para-hydroxylation sites is 3. The van der Waals surface area contributed by atoms with Gasteiger partial charge in [0.2, 0.25) is 5.91 Å². The molecule has 4 aromatic rings. The normalized spacial score (nSPS) is 20.3. The Morgan fingerprint density at radius 1 is 0.906 bits per heavy atom. The highest BCUT2D eigenvalue weighted by Gasteiger charge is 2.36. The Morgan fingerprint density at radius 2 is 1.69 bits per heavy atom. The Balaban J connectivity index is 1.16. The molecule has 0 radical (unpaired) electrons. The molecule has 2 aliphatic heterocycles. The van der Waals surface area contributed by atoms with Gasteiger partial charge in [0.15, 0.2) is 5.58 Å². The SMILES string of the molecule is O=C(C1CCN(c2nc3ccccc3o2)CC1)N1CCCCC1c1nc2ccccc2s1. The summed E-state index contributed by atoms with van der Waals surface area (Å²) in [5.41, 5.74) is 2.73.